The van der Waals surface area contributed by atoms with Crippen molar-refractivity contribution in [3.05, 3.63) is 0 Å². The van der Waals surface area contributed by atoms with Gasteiger partial charge in [-0.05, 0) is 26.0 Å². The Kier molecular flexibility index (Phi) is 5.40. The maximum atomic E-state index is 12.8. The molecule has 1 rings (SSSR count). The van der Waals surface area contributed by atoms with Gasteiger partial charge in [0.15, 0.2) is 0 Å². The molecule has 0 spiro atoms. The third kappa shape index (κ3) is 3.96. The summed E-state index contributed by atoms with van der Waals surface area (Å²) in [6.07, 6.45) is 0.593. The Morgan fingerprint density at radius 1 is 1.29 bits per heavy atom. The van der Waals surface area contributed by atoms with E-state index in [0.717, 1.165) is 25.7 Å². The highest BCUT2D eigenvalue weighted by Gasteiger charge is 2.58. The van der Waals surface area contributed by atoms with E-state index in [1.807, 2.05) is 6.26 Å². The molecule has 1 aliphatic rings. The van der Waals surface area contributed by atoms with Crippen LogP contribution in [0.25, 0.3) is 0 Å². The molecule has 1 fully saturated rings. The highest BCUT2D eigenvalue weighted by Crippen LogP contribution is 2.39. The van der Waals surface area contributed by atoms with E-state index in [1.54, 1.807) is 11.8 Å². The Hall–Kier alpha value is -1.12. The van der Waals surface area contributed by atoms with Crippen molar-refractivity contribution in [2.24, 2.45) is 0 Å². The SMILES string of the molecule is CSC1(CNC(=O)NC(C)(C(=O)O)C(F)(F)F)CCCC1. The first-order chi connectivity index (χ1) is 9.56. The number of hydrogen-bond acceptors (Lipinski definition) is 3. The van der Waals surface area contributed by atoms with Crippen LogP contribution < -0.4 is 10.6 Å². The Bertz CT molecular complexity index is 411. The Balaban J connectivity index is 2.65. The number of hydrogen-bond donors (Lipinski definition) is 3. The minimum absolute atomic E-state index is 0.171. The molecule has 9 heteroatoms. The van der Waals surface area contributed by atoms with Gasteiger partial charge in [0.05, 0.1) is 0 Å². The van der Waals surface area contributed by atoms with Gasteiger partial charge in [-0.25, -0.2) is 9.59 Å². The number of aliphatic carboxylic acids is 1. The fourth-order valence-corrected chi connectivity index (χ4v) is 3.14. The summed E-state index contributed by atoms with van der Waals surface area (Å²) in [4.78, 5) is 22.4. The number of rotatable bonds is 5. The molecule has 0 aromatic carbocycles. The number of thioether (sulfide) groups is 1. The fraction of sp³-hybridized carbons (Fsp3) is 0.833. The van der Waals surface area contributed by atoms with Crippen LogP contribution in [0.3, 0.4) is 0 Å². The zero-order valence-corrected chi connectivity index (χ0v) is 12.7. The predicted octanol–water partition coefficient (Wildman–Crippen LogP) is 2.37. The van der Waals surface area contributed by atoms with Crippen LogP contribution >= 0.6 is 11.8 Å². The molecule has 0 saturated heterocycles. The van der Waals surface area contributed by atoms with Crippen LogP contribution in [0.5, 0.6) is 0 Å². The Morgan fingerprint density at radius 3 is 2.19 bits per heavy atom. The lowest BCUT2D eigenvalue weighted by Gasteiger charge is -2.31. The largest absolute Gasteiger partial charge is 0.479 e. The maximum Gasteiger partial charge on any atom is 0.422 e. The average Bonchev–Trinajstić information content (AvgIpc) is 2.84. The van der Waals surface area contributed by atoms with E-state index in [1.165, 1.54) is 5.32 Å². The summed E-state index contributed by atoms with van der Waals surface area (Å²) in [6, 6.07) is -1.13. The van der Waals surface area contributed by atoms with Crippen LogP contribution in [0.2, 0.25) is 0 Å². The van der Waals surface area contributed by atoms with Crippen molar-refractivity contribution in [2.75, 3.05) is 12.8 Å². The Morgan fingerprint density at radius 2 is 1.81 bits per heavy atom. The van der Waals surface area contributed by atoms with Gasteiger partial charge in [0.1, 0.15) is 0 Å². The van der Waals surface area contributed by atoms with Gasteiger partial charge in [0.2, 0.25) is 5.54 Å². The van der Waals surface area contributed by atoms with Crippen LogP contribution in [0.15, 0.2) is 0 Å². The first-order valence-electron chi connectivity index (χ1n) is 6.48. The molecule has 0 aromatic rings. The third-order valence-corrected chi connectivity index (χ3v) is 5.30. The Labute approximate surface area is 125 Å². The van der Waals surface area contributed by atoms with E-state index in [9.17, 15) is 22.8 Å². The highest BCUT2D eigenvalue weighted by atomic mass is 32.2. The van der Waals surface area contributed by atoms with Gasteiger partial charge in [0.25, 0.3) is 0 Å². The molecule has 0 bridgehead atoms. The van der Waals surface area contributed by atoms with Gasteiger partial charge in [-0.3, -0.25) is 0 Å². The molecule has 122 valence electrons. The smallest absolute Gasteiger partial charge is 0.422 e. The van der Waals surface area contributed by atoms with Crippen molar-refractivity contribution in [1.82, 2.24) is 10.6 Å². The first kappa shape index (κ1) is 17.9. The molecule has 3 N–H and O–H groups in total. The highest BCUT2D eigenvalue weighted by molar-refractivity contribution is 8.00. The van der Waals surface area contributed by atoms with E-state index < -0.39 is 23.7 Å². The van der Waals surface area contributed by atoms with Gasteiger partial charge in [-0.15, -0.1) is 0 Å². The maximum absolute atomic E-state index is 12.8. The molecule has 1 aliphatic carbocycles. The number of carbonyl (C=O) groups excluding carboxylic acids is 1. The zero-order valence-electron chi connectivity index (χ0n) is 11.8. The third-order valence-electron chi connectivity index (χ3n) is 3.88. The lowest BCUT2D eigenvalue weighted by atomic mass is 10.0. The zero-order chi connectivity index (χ0) is 16.3. The van der Waals surface area contributed by atoms with Crippen LogP contribution in [-0.2, 0) is 4.79 Å². The number of amides is 2. The van der Waals surface area contributed by atoms with Crippen molar-refractivity contribution in [3.8, 4) is 0 Å². The number of carboxylic acid groups (broad SMARTS) is 1. The second-order valence-corrected chi connectivity index (χ2v) is 6.60. The minimum Gasteiger partial charge on any atom is -0.479 e. The monoisotopic (exact) mass is 328 g/mol. The molecule has 5 nitrogen and oxygen atoms in total. The minimum atomic E-state index is -5.08. The van der Waals surface area contributed by atoms with Gasteiger partial charge in [-0.1, -0.05) is 12.8 Å². The number of urea groups is 1. The number of carbonyl (C=O) groups is 2. The first-order valence-corrected chi connectivity index (χ1v) is 7.70. The van der Waals surface area contributed by atoms with E-state index in [-0.39, 0.29) is 11.3 Å². The summed E-state index contributed by atoms with van der Waals surface area (Å²) in [6.45, 7) is 0.641. The van der Waals surface area contributed by atoms with Crippen molar-refractivity contribution in [2.45, 2.75) is 49.1 Å². The van der Waals surface area contributed by atoms with Crippen LogP contribution in [0.1, 0.15) is 32.6 Å². The summed E-state index contributed by atoms with van der Waals surface area (Å²) in [7, 11) is 0. The lowest BCUT2D eigenvalue weighted by Crippen LogP contribution is -2.64. The van der Waals surface area contributed by atoms with Crippen molar-refractivity contribution in [3.63, 3.8) is 0 Å². The van der Waals surface area contributed by atoms with Crippen molar-refractivity contribution in [1.29, 1.82) is 0 Å². The van der Waals surface area contributed by atoms with Gasteiger partial charge in [-0.2, -0.15) is 24.9 Å². The van der Waals surface area contributed by atoms with Crippen molar-refractivity contribution < 1.29 is 27.9 Å². The summed E-state index contributed by atoms with van der Waals surface area (Å²) in [5.74, 6) is -2.15. The molecule has 21 heavy (non-hydrogen) atoms. The summed E-state index contributed by atoms with van der Waals surface area (Å²) < 4.78 is 38.1. The van der Waals surface area contributed by atoms with Crippen LogP contribution in [-0.4, -0.2) is 46.4 Å². The molecule has 1 unspecified atom stereocenters. The van der Waals surface area contributed by atoms with Crippen LogP contribution in [0, 0.1) is 0 Å². The van der Waals surface area contributed by atoms with E-state index in [4.69, 9.17) is 5.11 Å². The van der Waals surface area contributed by atoms with Crippen LogP contribution in [0.4, 0.5) is 18.0 Å². The number of alkyl halides is 3. The fourth-order valence-electron chi connectivity index (χ4n) is 2.23. The molecule has 0 aromatic heterocycles. The summed E-state index contributed by atoms with van der Waals surface area (Å²) >= 11 is 1.57. The molecule has 0 aliphatic heterocycles. The van der Waals surface area contributed by atoms with E-state index in [2.05, 4.69) is 5.32 Å². The number of halogens is 3. The van der Waals surface area contributed by atoms with Gasteiger partial charge < -0.3 is 15.7 Å². The lowest BCUT2D eigenvalue weighted by molar-refractivity contribution is -0.203. The quantitative estimate of drug-likeness (QED) is 0.724. The van der Waals surface area contributed by atoms with Crippen molar-refractivity contribution >= 4 is 23.8 Å². The molecule has 1 atom stereocenters. The van der Waals surface area contributed by atoms with Gasteiger partial charge >= 0.3 is 18.2 Å². The summed E-state index contributed by atoms with van der Waals surface area (Å²) in [5.41, 5.74) is -3.31. The molecule has 1 saturated carbocycles. The standard InChI is InChI=1S/C12H19F3N2O3S/c1-10(8(18)19,12(13,14)15)17-9(20)16-7-11(21-2)5-3-4-6-11/h3-7H2,1-2H3,(H,18,19)(H2,16,17,20). The summed E-state index contributed by atoms with van der Waals surface area (Å²) in [5, 5.41) is 12.6. The normalized spacial score (nSPS) is 20.6. The number of nitrogens with one attached hydrogen (secondary N) is 2. The second kappa shape index (κ2) is 6.33. The molecule has 0 heterocycles. The topological polar surface area (TPSA) is 78.4 Å². The average molecular weight is 328 g/mol. The number of carboxylic acids is 1. The second-order valence-electron chi connectivity index (χ2n) is 5.33. The molecular formula is C12H19F3N2O3S. The molecule has 2 amide bonds. The molecular weight excluding hydrogens is 309 g/mol. The molecule has 0 radical (unpaired) electrons. The van der Waals surface area contributed by atoms with E-state index >= 15 is 0 Å². The van der Waals surface area contributed by atoms with Gasteiger partial charge in [0, 0.05) is 11.3 Å². The predicted molar refractivity (Wildman–Crippen MR) is 73.3 cm³/mol. The van der Waals surface area contributed by atoms with E-state index in [0.29, 0.717) is 6.92 Å².